The number of H-pyrrole nitrogens is 1. The lowest BCUT2D eigenvalue weighted by Gasteiger charge is -2.07. The third-order valence-electron chi connectivity index (χ3n) is 3.34. The Morgan fingerprint density at radius 1 is 1.19 bits per heavy atom. The van der Waals surface area contributed by atoms with Crippen LogP contribution in [0.4, 0.5) is 0 Å². The number of aromatic nitrogens is 2. The quantitative estimate of drug-likeness (QED) is 0.659. The van der Waals surface area contributed by atoms with E-state index < -0.39 is 0 Å². The van der Waals surface area contributed by atoms with Crippen LogP contribution in [-0.4, -0.2) is 23.1 Å². The van der Waals surface area contributed by atoms with E-state index in [1.54, 1.807) is 6.20 Å². The first kappa shape index (κ1) is 15.6. The summed E-state index contributed by atoms with van der Waals surface area (Å²) in [7, 11) is 0. The van der Waals surface area contributed by atoms with Crippen LogP contribution in [-0.2, 0) is 13.0 Å². The van der Waals surface area contributed by atoms with Crippen molar-refractivity contribution < 1.29 is 4.74 Å². The third kappa shape index (κ3) is 6.00. The van der Waals surface area contributed by atoms with E-state index in [0.29, 0.717) is 0 Å². The van der Waals surface area contributed by atoms with E-state index in [1.165, 1.54) is 12.0 Å². The zero-order valence-electron chi connectivity index (χ0n) is 12.8. The number of hydrogen-bond donors (Lipinski definition) is 2. The number of imidazole rings is 1. The second-order valence-corrected chi connectivity index (χ2v) is 5.16. The molecule has 1 aromatic heterocycles. The van der Waals surface area contributed by atoms with Crippen LogP contribution in [0.3, 0.4) is 0 Å². The molecule has 0 fully saturated rings. The summed E-state index contributed by atoms with van der Waals surface area (Å²) in [6.07, 6.45) is 8.02. The summed E-state index contributed by atoms with van der Waals surface area (Å²) in [5, 5.41) is 3.45. The van der Waals surface area contributed by atoms with Crippen molar-refractivity contribution in [3.8, 4) is 5.75 Å². The Hall–Kier alpha value is -1.81. The van der Waals surface area contributed by atoms with Crippen LogP contribution >= 0.6 is 0 Å². The third-order valence-corrected chi connectivity index (χ3v) is 3.34. The van der Waals surface area contributed by atoms with Crippen molar-refractivity contribution in [1.29, 1.82) is 0 Å². The molecular formula is C17H25N3O. The topological polar surface area (TPSA) is 49.9 Å². The van der Waals surface area contributed by atoms with Gasteiger partial charge in [-0.15, -0.1) is 0 Å². The van der Waals surface area contributed by atoms with Crippen molar-refractivity contribution in [1.82, 2.24) is 15.3 Å². The van der Waals surface area contributed by atoms with Gasteiger partial charge in [0, 0.05) is 25.4 Å². The summed E-state index contributed by atoms with van der Waals surface area (Å²) in [5.41, 5.74) is 1.29. The molecule has 0 aliphatic heterocycles. The number of unbranched alkanes of at least 4 members (excludes halogenated alkanes) is 1. The van der Waals surface area contributed by atoms with Gasteiger partial charge in [0.15, 0.2) is 0 Å². The first-order valence-corrected chi connectivity index (χ1v) is 7.79. The first-order chi connectivity index (χ1) is 10.4. The Balaban J connectivity index is 1.59. The zero-order chi connectivity index (χ0) is 14.8. The van der Waals surface area contributed by atoms with E-state index in [9.17, 15) is 0 Å². The van der Waals surface area contributed by atoms with Crippen LogP contribution in [0, 0.1) is 0 Å². The van der Waals surface area contributed by atoms with E-state index >= 15 is 0 Å². The van der Waals surface area contributed by atoms with Gasteiger partial charge < -0.3 is 15.0 Å². The van der Waals surface area contributed by atoms with Crippen molar-refractivity contribution in [3.63, 3.8) is 0 Å². The lowest BCUT2D eigenvalue weighted by molar-refractivity contribution is 0.309. The molecule has 0 spiro atoms. The SMILES string of the molecule is CCCCOc1ccc(CNCCCc2ncc[nH]2)cc1. The molecule has 0 bridgehead atoms. The maximum Gasteiger partial charge on any atom is 0.119 e. The van der Waals surface area contributed by atoms with Gasteiger partial charge in [-0.3, -0.25) is 0 Å². The zero-order valence-corrected chi connectivity index (χ0v) is 12.8. The van der Waals surface area contributed by atoms with Crippen molar-refractivity contribution in [2.24, 2.45) is 0 Å². The molecule has 0 aliphatic rings. The summed E-state index contributed by atoms with van der Waals surface area (Å²) in [5.74, 6) is 2.02. The lowest BCUT2D eigenvalue weighted by atomic mass is 10.2. The molecule has 0 unspecified atom stereocenters. The van der Waals surface area contributed by atoms with Gasteiger partial charge in [-0.25, -0.2) is 4.98 Å². The normalized spacial score (nSPS) is 10.7. The van der Waals surface area contributed by atoms with Gasteiger partial charge in [0.05, 0.1) is 6.61 Å². The van der Waals surface area contributed by atoms with Crippen LogP contribution in [0.1, 0.15) is 37.6 Å². The highest BCUT2D eigenvalue weighted by Gasteiger charge is 1.97. The predicted octanol–water partition coefficient (Wildman–Crippen LogP) is 3.31. The summed E-state index contributed by atoms with van der Waals surface area (Å²) < 4.78 is 5.65. The van der Waals surface area contributed by atoms with Crippen molar-refractivity contribution in [2.75, 3.05) is 13.2 Å². The highest BCUT2D eigenvalue weighted by atomic mass is 16.5. The fourth-order valence-electron chi connectivity index (χ4n) is 2.09. The lowest BCUT2D eigenvalue weighted by Crippen LogP contribution is -2.15. The molecule has 2 aromatic rings. The van der Waals surface area contributed by atoms with E-state index in [1.807, 2.05) is 6.20 Å². The van der Waals surface area contributed by atoms with Gasteiger partial charge in [0.1, 0.15) is 11.6 Å². The van der Waals surface area contributed by atoms with Crippen LogP contribution in [0.2, 0.25) is 0 Å². The first-order valence-electron chi connectivity index (χ1n) is 7.79. The molecule has 1 heterocycles. The molecule has 0 amide bonds. The molecule has 114 valence electrons. The molecule has 0 saturated heterocycles. The van der Waals surface area contributed by atoms with Crippen molar-refractivity contribution in [3.05, 3.63) is 48.0 Å². The average Bonchev–Trinajstić information content (AvgIpc) is 3.02. The van der Waals surface area contributed by atoms with Crippen LogP contribution < -0.4 is 10.1 Å². The highest BCUT2D eigenvalue weighted by molar-refractivity contribution is 5.27. The second kappa shape index (κ2) is 9.19. The maximum atomic E-state index is 5.65. The number of aromatic amines is 1. The van der Waals surface area contributed by atoms with Crippen molar-refractivity contribution in [2.45, 2.75) is 39.2 Å². The van der Waals surface area contributed by atoms with Crippen molar-refractivity contribution >= 4 is 0 Å². The number of aryl methyl sites for hydroxylation is 1. The smallest absolute Gasteiger partial charge is 0.119 e. The Kier molecular flexibility index (Phi) is 6.81. The number of rotatable bonds is 10. The molecule has 1 aromatic carbocycles. The van der Waals surface area contributed by atoms with Crippen LogP contribution in [0.15, 0.2) is 36.7 Å². The largest absolute Gasteiger partial charge is 0.494 e. The number of ether oxygens (including phenoxy) is 1. The minimum Gasteiger partial charge on any atom is -0.494 e. The van der Waals surface area contributed by atoms with Gasteiger partial charge in [0.2, 0.25) is 0 Å². The van der Waals surface area contributed by atoms with Gasteiger partial charge in [-0.1, -0.05) is 25.5 Å². The minimum atomic E-state index is 0.806. The monoisotopic (exact) mass is 287 g/mol. The van der Waals surface area contributed by atoms with E-state index in [-0.39, 0.29) is 0 Å². The fourth-order valence-corrected chi connectivity index (χ4v) is 2.09. The Morgan fingerprint density at radius 2 is 2.05 bits per heavy atom. The Labute approximate surface area is 127 Å². The predicted molar refractivity (Wildman–Crippen MR) is 85.5 cm³/mol. The van der Waals surface area contributed by atoms with Gasteiger partial charge in [0.25, 0.3) is 0 Å². The molecule has 0 atom stereocenters. The summed E-state index contributed by atoms with van der Waals surface area (Å²) in [6, 6.07) is 8.35. The standard InChI is InChI=1S/C17H25N3O/c1-2-3-13-21-16-8-6-15(7-9-16)14-18-10-4-5-17-19-11-12-20-17/h6-9,11-12,18H,2-5,10,13-14H2,1H3,(H,19,20). The summed E-state index contributed by atoms with van der Waals surface area (Å²) >= 11 is 0. The number of benzene rings is 1. The summed E-state index contributed by atoms with van der Waals surface area (Å²) in [6.45, 7) is 4.87. The molecule has 4 nitrogen and oxygen atoms in total. The van der Waals surface area contributed by atoms with E-state index in [4.69, 9.17) is 4.74 Å². The fraction of sp³-hybridized carbons (Fsp3) is 0.471. The van der Waals surface area contributed by atoms with Crippen LogP contribution in [0.25, 0.3) is 0 Å². The minimum absolute atomic E-state index is 0.806. The number of nitrogens with zero attached hydrogens (tertiary/aromatic N) is 1. The average molecular weight is 287 g/mol. The highest BCUT2D eigenvalue weighted by Crippen LogP contribution is 2.12. The molecular weight excluding hydrogens is 262 g/mol. The van der Waals surface area contributed by atoms with E-state index in [0.717, 1.165) is 50.5 Å². The molecule has 0 saturated carbocycles. The molecule has 2 rings (SSSR count). The number of hydrogen-bond acceptors (Lipinski definition) is 3. The molecule has 0 aliphatic carbocycles. The maximum absolute atomic E-state index is 5.65. The molecule has 21 heavy (non-hydrogen) atoms. The Bertz CT molecular complexity index is 479. The summed E-state index contributed by atoms with van der Waals surface area (Å²) in [4.78, 5) is 7.34. The Morgan fingerprint density at radius 3 is 2.76 bits per heavy atom. The number of nitrogens with one attached hydrogen (secondary N) is 2. The second-order valence-electron chi connectivity index (χ2n) is 5.16. The molecule has 2 N–H and O–H groups in total. The van der Waals surface area contributed by atoms with Crippen LogP contribution in [0.5, 0.6) is 5.75 Å². The molecule has 4 heteroatoms. The van der Waals surface area contributed by atoms with Gasteiger partial charge in [-0.05, 0) is 37.1 Å². The van der Waals surface area contributed by atoms with E-state index in [2.05, 4.69) is 46.5 Å². The molecule has 0 radical (unpaired) electrons. The van der Waals surface area contributed by atoms with Gasteiger partial charge >= 0.3 is 0 Å². The van der Waals surface area contributed by atoms with Gasteiger partial charge in [-0.2, -0.15) is 0 Å².